The summed E-state index contributed by atoms with van der Waals surface area (Å²) in [6.07, 6.45) is 0.927. The molecule has 0 spiro atoms. The summed E-state index contributed by atoms with van der Waals surface area (Å²) in [6, 6.07) is 6.65. The van der Waals surface area contributed by atoms with E-state index < -0.39 is 0 Å². The number of nitrogens with zero attached hydrogens (tertiary/aromatic N) is 3. The van der Waals surface area contributed by atoms with Crippen LogP contribution in [0.3, 0.4) is 0 Å². The van der Waals surface area contributed by atoms with E-state index in [4.69, 9.17) is 5.73 Å². The van der Waals surface area contributed by atoms with Gasteiger partial charge in [0.25, 0.3) is 0 Å². The van der Waals surface area contributed by atoms with Crippen molar-refractivity contribution in [3.8, 4) is 0 Å². The Kier molecular flexibility index (Phi) is 2.81. The molecule has 0 saturated carbocycles. The third-order valence-electron chi connectivity index (χ3n) is 3.29. The van der Waals surface area contributed by atoms with E-state index in [1.165, 1.54) is 11.6 Å². The Bertz CT molecular complexity index is 607. The summed E-state index contributed by atoms with van der Waals surface area (Å²) in [6.45, 7) is 3.30. The highest BCUT2D eigenvalue weighted by Gasteiger charge is 2.20. The first-order valence-corrected chi connectivity index (χ1v) is 6.25. The Labute approximate surface area is 111 Å². The fourth-order valence-corrected chi connectivity index (χ4v) is 2.48. The molecular formula is C14H15FN4. The topological polar surface area (TPSA) is 55.0 Å². The molecule has 1 aromatic carbocycles. The second-order valence-corrected chi connectivity index (χ2v) is 4.80. The fourth-order valence-electron chi connectivity index (χ4n) is 2.48. The minimum absolute atomic E-state index is 0.213. The van der Waals surface area contributed by atoms with Gasteiger partial charge in [-0.1, -0.05) is 6.07 Å². The predicted molar refractivity (Wildman–Crippen MR) is 72.3 cm³/mol. The van der Waals surface area contributed by atoms with Crippen LogP contribution in [0.15, 0.2) is 24.3 Å². The van der Waals surface area contributed by atoms with Crippen molar-refractivity contribution >= 4 is 11.5 Å². The highest BCUT2D eigenvalue weighted by Crippen LogP contribution is 2.29. The molecule has 2 heterocycles. The summed E-state index contributed by atoms with van der Waals surface area (Å²) in [5.74, 6) is 0.936. The van der Waals surface area contributed by atoms with Crippen LogP contribution in [0.4, 0.5) is 15.9 Å². The normalized spacial score (nSPS) is 13.7. The predicted octanol–water partition coefficient (Wildman–Crippen LogP) is 2.07. The molecule has 2 aromatic rings. The van der Waals surface area contributed by atoms with Crippen molar-refractivity contribution in [2.45, 2.75) is 19.9 Å². The summed E-state index contributed by atoms with van der Waals surface area (Å²) >= 11 is 0. The maximum Gasteiger partial charge on any atom is 0.150 e. The fraction of sp³-hybridized carbons (Fsp3) is 0.286. The van der Waals surface area contributed by atoms with Gasteiger partial charge in [0.15, 0.2) is 0 Å². The molecule has 19 heavy (non-hydrogen) atoms. The number of anilines is 2. The molecule has 0 atom stereocenters. The summed E-state index contributed by atoms with van der Waals surface area (Å²) in [4.78, 5) is 10.7. The quantitative estimate of drug-likeness (QED) is 0.896. The second-order valence-electron chi connectivity index (χ2n) is 4.80. The summed E-state index contributed by atoms with van der Waals surface area (Å²) in [5, 5.41) is 0. The Morgan fingerprint density at radius 1 is 1.32 bits per heavy atom. The van der Waals surface area contributed by atoms with Gasteiger partial charge in [-0.3, -0.25) is 0 Å². The number of hydrogen-bond acceptors (Lipinski definition) is 4. The molecule has 0 fully saturated rings. The third kappa shape index (κ3) is 2.36. The lowest BCUT2D eigenvalue weighted by molar-refractivity contribution is 0.627. The van der Waals surface area contributed by atoms with Gasteiger partial charge in [0, 0.05) is 24.0 Å². The molecule has 0 unspecified atom stereocenters. The van der Waals surface area contributed by atoms with Crippen molar-refractivity contribution in [1.29, 1.82) is 0 Å². The van der Waals surface area contributed by atoms with E-state index in [-0.39, 0.29) is 5.82 Å². The van der Waals surface area contributed by atoms with Crippen molar-refractivity contribution in [3.05, 3.63) is 47.2 Å². The molecule has 5 heteroatoms. The molecule has 2 N–H and O–H groups in total. The molecule has 0 bridgehead atoms. The number of aryl methyl sites for hydroxylation is 1. The van der Waals surface area contributed by atoms with Crippen LogP contribution >= 0.6 is 0 Å². The lowest BCUT2D eigenvalue weighted by Crippen LogP contribution is -2.21. The van der Waals surface area contributed by atoms with Crippen molar-refractivity contribution in [3.63, 3.8) is 0 Å². The number of nitrogens with two attached hydrogens (primary N) is 1. The lowest BCUT2D eigenvalue weighted by atomic mass is 10.2. The van der Waals surface area contributed by atoms with Crippen molar-refractivity contribution in [2.24, 2.45) is 0 Å². The molecule has 98 valence electrons. The molecule has 0 amide bonds. The molecule has 0 radical (unpaired) electrons. The number of fused-ring (bicyclic) bond motifs is 1. The van der Waals surface area contributed by atoms with Gasteiger partial charge in [0.2, 0.25) is 0 Å². The van der Waals surface area contributed by atoms with Gasteiger partial charge >= 0.3 is 0 Å². The summed E-state index contributed by atoms with van der Waals surface area (Å²) in [7, 11) is 0. The van der Waals surface area contributed by atoms with Crippen LogP contribution in [0.5, 0.6) is 0 Å². The molecule has 1 aliphatic heterocycles. The number of rotatable bonds is 2. The van der Waals surface area contributed by atoms with E-state index in [0.29, 0.717) is 18.2 Å². The van der Waals surface area contributed by atoms with Gasteiger partial charge < -0.3 is 10.6 Å². The van der Waals surface area contributed by atoms with Gasteiger partial charge in [-0.25, -0.2) is 14.4 Å². The number of nitrogen functional groups attached to an aromatic ring is 1. The van der Waals surface area contributed by atoms with E-state index in [1.54, 1.807) is 12.1 Å². The maximum absolute atomic E-state index is 13.3. The van der Waals surface area contributed by atoms with Gasteiger partial charge in [0.1, 0.15) is 17.5 Å². The Hall–Kier alpha value is -2.17. The molecule has 4 nitrogen and oxygen atoms in total. The Morgan fingerprint density at radius 2 is 2.16 bits per heavy atom. The Morgan fingerprint density at radius 3 is 2.95 bits per heavy atom. The maximum atomic E-state index is 13.3. The SMILES string of the molecule is Cc1cc(N)nc(CN2CCc3ccc(F)cc32)n1. The van der Waals surface area contributed by atoms with E-state index in [9.17, 15) is 4.39 Å². The highest BCUT2D eigenvalue weighted by molar-refractivity contribution is 5.58. The first kappa shape index (κ1) is 11.9. The number of aromatic nitrogens is 2. The zero-order valence-corrected chi connectivity index (χ0v) is 10.7. The zero-order chi connectivity index (χ0) is 13.4. The van der Waals surface area contributed by atoms with E-state index >= 15 is 0 Å². The standard InChI is InChI=1S/C14H15FN4/c1-9-6-13(16)18-14(17-9)8-19-5-4-10-2-3-11(15)7-12(10)19/h2-3,6-7H,4-5,8H2,1H3,(H2,16,17,18). The lowest BCUT2D eigenvalue weighted by Gasteiger charge is -2.18. The molecule has 0 saturated heterocycles. The first-order valence-electron chi connectivity index (χ1n) is 6.25. The van der Waals surface area contributed by atoms with Crippen LogP contribution in [0.1, 0.15) is 17.1 Å². The van der Waals surface area contributed by atoms with Gasteiger partial charge in [-0.05, 0) is 31.0 Å². The van der Waals surface area contributed by atoms with Gasteiger partial charge in [0.05, 0.1) is 6.54 Å². The molecule has 1 aromatic heterocycles. The number of halogens is 1. The van der Waals surface area contributed by atoms with E-state index in [2.05, 4.69) is 14.9 Å². The number of hydrogen-bond donors (Lipinski definition) is 1. The molecule has 3 rings (SSSR count). The number of benzene rings is 1. The van der Waals surface area contributed by atoms with E-state index in [0.717, 1.165) is 24.3 Å². The minimum Gasteiger partial charge on any atom is -0.384 e. The van der Waals surface area contributed by atoms with Crippen molar-refractivity contribution in [1.82, 2.24) is 9.97 Å². The molecule has 0 aliphatic carbocycles. The average Bonchev–Trinajstić information content (AvgIpc) is 2.70. The van der Waals surface area contributed by atoms with Crippen LogP contribution in [0.2, 0.25) is 0 Å². The van der Waals surface area contributed by atoms with Gasteiger partial charge in [-0.15, -0.1) is 0 Å². The smallest absolute Gasteiger partial charge is 0.150 e. The Balaban J connectivity index is 1.88. The average molecular weight is 258 g/mol. The van der Waals surface area contributed by atoms with Crippen LogP contribution in [0, 0.1) is 12.7 Å². The van der Waals surface area contributed by atoms with Crippen molar-refractivity contribution in [2.75, 3.05) is 17.2 Å². The first-order chi connectivity index (χ1) is 9.11. The summed E-state index contributed by atoms with van der Waals surface area (Å²) in [5.41, 5.74) is 8.67. The minimum atomic E-state index is -0.213. The highest BCUT2D eigenvalue weighted by atomic mass is 19.1. The summed E-state index contributed by atoms with van der Waals surface area (Å²) < 4.78 is 13.3. The second kappa shape index (κ2) is 4.50. The monoisotopic (exact) mass is 258 g/mol. The van der Waals surface area contributed by atoms with Crippen LogP contribution in [-0.2, 0) is 13.0 Å². The zero-order valence-electron chi connectivity index (χ0n) is 10.7. The van der Waals surface area contributed by atoms with Crippen LogP contribution in [0.25, 0.3) is 0 Å². The molecular weight excluding hydrogens is 243 g/mol. The van der Waals surface area contributed by atoms with Crippen LogP contribution < -0.4 is 10.6 Å². The van der Waals surface area contributed by atoms with Crippen molar-refractivity contribution < 1.29 is 4.39 Å². The molecule has 1 aliphatic rings. The largest absolute Gasteiger partial charge is 0.384 e. The van der Waals surface area contributed by atoms with Crippen LogP contribution in [-0.4, -0.2) is 16.5 Å². The van der Waals surface area contributed by atoms with E-state index in [1.807, 2.05) is 13.0 Å². The third-order valence-corrected chi connectivity index (χ3v) is 3.29. The van der Waals surface area contributed by atoms with Gasteiger partial charge in [-0.2, -0.15) is 0 Å².